The number of thiazole rings is 1. The molecule has 2 N–H and O–H groups in total. The fraction of sp³-hybridized carbons (Fsp3) is 0.412. The van der Waals surface area contributed by atoms with E-state index in [1.165, 1.54) is 5.56 Å². The van der Waals surface area contributed by atoms with Gasteiger partial charge >= 0.3 is 0 Å². The number of halogens is 2. The Labute approximate surface area is 164 Å². The molecular formula is C17H23Cl2N3O2S. The largest absolute Gasteiger partial charge is 0.378 e. The second-order valence-corrected chi connectivity index (χ2v) is 6.63. The highest BCUT2D eigenvalue weighted by atomic mass is 35.5. The van der Waals surface area contributed by atoms with Crippen LogP contribution >= 0.6 is 36.2 Å². The number of morpholine rings is 1. The monoisotopic (exact) mass is 403 g/mol. The van der Waals surface area contributed by atoms with Crippen LogP contribution in [0.15, 0.2) is 29.6 Å². The Balaban J connectivity index is 0.00000156. The van der Waals surface area contributed by atoms with E-state index < -0.39 is 0 Å². The molecule has 1 aliphatic heterocycles. The highest BCUT2D eigenvalue weighted by Crippen LogP contribution is 2.21. The van der Waals surface area contributed by atoms with Crippen molar-refractivity contribution in [3.8, 4) is 11.3 Å². The highest BCUT2D eigenvalue weighted by Gasteiger charge is 2.20. The fourth-order valence-electron chi connectivity index (χ4n) is 2.53. The Morgan fingerprint density at radius 3 is 2.72 bits per heavy atom. The molecule has 1 aromatic carbocycles. The molecule has 1 fully saturated rings. The minimum Gasteiger partial charge on any atom is -0.378 e. The minimum absolute atomic E-state index is 0. The summed E-state index contributed by atoms with van der Waals surface area (Å²) < 4.78 is 5.30. The first-order valence-corrected chi connectivity index (χ1v) is 8.70. The Hall–Kier alpha value is -1.18. The van der Waals surface area contributed by atoms with Gasteiger partial charge < -0.3 is 15.4 Å². The van der Waals surface area contributed by atoms with Gasteiger partial charge in [-0.05, 0) is 18.9 Å². The number of hydrogen-bond donors (Lipinski definition) is 2. The average molecular weight is 404 g/mol. The molecule has 1 saturated heterocycles. The molecule has 25 heavy (non-hydrogen) atoms. The number of rotatable bonds is 5. The molecule has 2 aromatic rings. The van der Waals surface area contributed by atoms with Crippen molar-refractivity contribution in [2.45, 2.75) is 19.4 Å². The van der Waals surface area contributed by atoms with Crippen molar-refractivity contribution in [1.82, 2.24) is 15.6 Å². The topological polar surface area (TPSA) is 63.2 Å². The van der Waals surface area contributed by atoms with Crippen molar-refractivity contribution >= 4 is 42.1 Å². The third-order valence-electron chi connectivity index (χ3n) is 3.82. The third-order valence-corrected chi connectivity index (χ3v) is 4.59. The molecule has 5 nitrogen and oxygen atoms in total. The van der Waals surface area contributed by atoms with Crippen LogP contribution in [-0.2, 0) is 16.0 Å². The summed E-state index contributed by atoms with van der Waals surface area (Å²) in [4.78, 5) is 16.5. The van der Waals surface area contributed by atoms with E-state index in [0.29, 0.717) is 19.8 Å². The molecule has 0 aliphatic carbocycles. The van der Waals surface area contributed by atoms with E-state index in [1.54, 1.807) is 11.3 Å². The summed E-state index contributed by atoms with van der Waals surface area (Å²) in [5.41, 5.74) is 3.36. The molecule has 8 heteroatoms. The van der Waals surface area contributed by atoms with Gasteiger partial charge in [-0.25, -0.2) is 4.98 Å². The van der Waals surface area contributed by atoms with Crippen LogP contribution in [0.5, 0.6) is 0 Å². The van der Waals surface area contributed by atoms with Crippen molar-refractivity contribution in [1.29, 1.82) is 0 Å². The van der Waals surface area contributed by atoms with Gasteiger partial charge in [-0.2, -0.15) is 0 Å². The summed E-state index contributed by atoms with van der Waals surface area (Å²) in [5.74, 6) is 0.0132. The van der Waals surface area contributed by atoms with Crippen LogP contribution in [0.4, 0.5) is 0 Å². The van der Waals surface area contributed by atoms with Crippen LogP contribution in [0.2, 0.25) is 0 Å². The zero-order valence-electron chi connectivity index (χ0n) is 14.0. The molecular weight excluding hydrogens is 381 g/mol. The van der Waals surface area contributed by atoms with Gasteiger partial charge in [0, 0.05) is 24.0 Å². The predicted molar refractivity (Wildman–Crippen MR) is 106 cm³/mol. The van der Waals surface area contributed by atoms with Crippen molar-refractivity contribution in [2.75, 3.05) is 26.3 Å². The predicted octanol–water partition coefficient (Wildman–Crippen LogP) is 2.61. The Morgan fingerprint density at radius 1 is 1.36 bits per heavy atom. The zero-order valence-corrected chi connectivity index (χ0v) is 16.4. The summed E-state index contributed by atoms with van der Waals surface area (Å²) in [5, 5.41) is 9.26. The van der Waals surface area contributed by atoms with Crippen molar-refractivity contribution < 1.29 is 9.53 Å². The molecule has 1 aliphatic rings. The summed E-state index contributed by atoms with van der Waals surface area (Å²) in [6.07, 6.45) is 0.815. The molecule has 2 heterocycles. The van der Waals surface area contributed by atoms with Crippen molar-refractivity contribution in [3.05, 3.63) is 40.2 Å². The van der Waals surface area contributed by atoms with Crippen LogP contribution in [0.25, 0.3) is 11.3 Å². The lowest BCUT2D eigenvalue weighted by Gasteiger charge is -2.22. The van der Waals surface area contributed by atoms with Gasteiger partial charge in [-0.1, -0.05) is 24.3 Å². The van der Waals surface area contributed by atoms with E-state index in [-0.39, 0.29) is 36.8 Å². The molecule has 0 bridgehead atoms. The normalized spacial score (nSPS) is 16.4. The number of amides is 1. The van der Waals surface area contributed by atoms with E-state index in [0.717, 1.165) is 29.2 Å². The standard InChI is InChI=1S/C17H21N3O2S.2ClH/c1-12-20-16(11-23-12)14-4-2-13(3-5-14)6-7-19-17(21)15-10-22-9-8-18-15;;/h2-5,11,15,18H,6-10H2,1H3,(H,19,21);2*1H. The molecule has 1 unspecified atom stereocenters. The van der Waals surface area contributed by atoms with Gasteiger partial charge in [-0.3, -0.25) is 4.79 Å². The van der Waals surface area contributed by atoms with Crippen LogP contribution in [0.3, 0.4) is 0 Å². The Bertz CT molecular complexity index is 658. The molecule has 0 saturated carbocycles. The van der Waals surface area contributed by atoms with Gasteiger partial charge in [0.15, 0.2) is 0 Å². The Morgan fingerprint density at radius 2 is 2.12 bits per heavy atom. The maximum absolute atomic E-state index is 12.0. The van der Waals surface area contributed by atoms with Gasteiger partial charge in [0.25, 0.3) is 0 Å². The number of nitrogens with zero attached hydrogens (tertiary/aromatic N) is 1. The van der Waals surface area contributed by atoms with E-state index in [2.05, 4.69) is 45.3 Å². The fourth-order valence-corrected chi connectivity index (χ4v) is 3.15. The molecule has 0 spiro atoms. The van der Waals surface area contributed by atoms with Crippen molar-refractivity contribution in [3.63, 3.8) is 0 Å². The summed E-state index contributed by atoms with van der Waals surface area (Å²) in [6, 6.07) is 8.14. The Kier molecular flexibility index (Phi) is 9.38. The van der Waals surface area contributed by atoms with Crippen LogP contribution in [0.1, 0.15) is 10.6 Å². The number of nitrogens with one attached hydrogen (secondary N) is 2. The van der Waals surface area contributed by atoms with Gasteiger partial charge in [0.1, 0.15) is 6.04 Å². The van der Waals surface area contributed by atoms with Crippen LogP contribution < -0.4 is 10.6 Å². The van der Waals surface area contributed by atoms with E-state index in [1.807, 2.05) is 6.92 Å². The maximum Gasteiger partial charge on any atom is 0.239 e. The number of carbonyl (C=O) groups excluding carboxylic acids is 1. The van der Waals surface area contributed by atoms with Crippen molar-refractivity contribution in [2.24, 2.45) is 0 Å². The molecule has 1 aromatic heterocycles. The molecule has 1 atom stereocenters. The summed E-state index contributed by atoms with van der Waals surface area (Å²) in [7, 11) is 0. The number of aryl methyl sites for hydroxylation is 1. The quantitative estimate of drug-likeness (QED) is 0.804. The highest BCUT2D eigenvalue weighted by molar-refractivity contribution is 7.09. The average Bonchev–Trinajstić information content (AvgIpc) is 3.03. The van der Waals surface area contributed by atoms with Gasteiger partial charge in [0.2, 0.25) is 5.91 Å². The number of benzene rings is 1. The van der Waals surface area contributed by atoms with E-state index in [4.69, 9.17) is 4.74 Å². The molecule has 0 radical (unpaired) electrons. The molecule has 3 rings (SSSR count). The number of hydrogen-bond acceptors (Lipinski definition) is 5. The first-order chi connectivity index (χ1) is 11.2. The lowest BCUT2D eigenvalue weighted by Crippen LogP contribution is -2.51. The number of carbonyl (C=O) groups is 1. The van der Waals surface area contributed by atoms with E-state index in [9.17, 15) is 4.79 Å². The molecule has 1 amide bonds. The van der Waals surface area contributed by atoms with Crippen LogP contribution in [-0.4, -0.2) is 43.2 Å². The summed E-state index contributed by atoms with van der Waals surface area (Å²) >= 11 is 1.66. The lowest BCUT2D eigenvalue weighted by molar-refractivity contribution is -0.125. The number of ether oxygens (including phenoxy) is 1. The zero-order chi connectivity index (χ0) is 16.1. The third kappa shape index (κ3) is 6.24. The minimum atomic E-state index is -0.223. The van der Waals surface area contributed by atoms with E-state index >= 15 is 0 Å². The molecule has 138 valence electrons. The second-order valence-electron chi connectivity index (χ2n) is 5.57. The first kappa shape index (κ1) is 21.9. The number of aromatic nitrogens is 1. The maximum atomic E-state index is 12.0. The smallest absolute Gasteiger partial charge is 0.239 e. The SMILES string of the molecule is Cc1nc(-c2ccc(CCNC(=O)C3COCCN3)cc2)cs1.Cl.Cl. The second kappa shape index (κ2) is 10.7. The first-order valence-electron chi connectivity index (χ1n) is 7.82. The van der Waals surface area contributed by atoms with Gasteiger partial charge in [-0.15, -0.1) is 36.2 Å². The van der Waals surface area contributed by atoms with Crippen LogP contribution in [0, 0.1) is 6.92 Å². The lowest BCUT2D eigenvalue weighted by atomic mass is 10.1. The van der Waals surface area contributed by atoms with Gasteiger partial charge in [0.05, 0.1) is 23.9 Å². The summed E-state index contributed by atoms with van der Waals surface area (Å²) in [6.45, 7) is 4.50.